The van der Waals surface area contributed by atoms with Crippen molar-refractivity contribution < 1.29 is 14.0 Å². The number of halogens is 1. The number of hydrogen-bond donors (Lipinski definition) is 3. The van der Waals surface area contributed by atoms with Crippen molar-refractivity contribution in [2.24, 2.45) is 23.5 Å². The van der Waals surface area contributed by atoms with E-state index in [0.717, 1.165) is 31.4 Å². The minimum atomic E-state index is -0.304. The Morgan fingerprint density at radius 2 is 1.57 bits per heavy atom. The van der Waals surface area contributed by atoms with E-state index in [9.17, 15) is 9.59 Å². The molecule has 2 amide bonds. The number of anilines is 2. The van der Waals surface area contributed by atoms with Gasteiger partial charge in [0.05, 0.1) is 6.26 Å². The van der Waals surface area contributed by atoms with Crippen LogP contribution >= 0.6 is 12.4 Å². The summed E-state index contributed by atoms with van der Waals surface area (Å²) in [6, 6.07) is 10.7. The monoisotopic (exact) mass is 403 g/mol. The van der Waals surface area contributed by atoms with Gasteiger partial charge in [-0.3, -0.25) is 9.59 Å². The van der Waals surface area contributed by atoms with Gasteiger partial charge in [-0.25, -0.2) is 0 Å². The van der Waals surface area contributed by atoms with Crippen LogP contribution in [-0.4, -0.2) is 17.9 Å². The van der Waals surface area contributed by atoms with Gasteiger partial charge < -0.3 is 20.8 Å². The highest BCUT2D eigenvalue weighted by molar-refractivity contribution is 6.02. The number of carbonyl (C=O) groups is 2. The number of hydrogen-bond acceptors (Lipinski definition) is 4. The van der Waals surface area contributed by atoms with Crippen molar-refractivity contribution in [3.05, 3.63) is 48.4 Å². The third-order valence-corrected chi connectivity index (χ3v) is 5.94. The summed E-state index contributed by atoms with van der Waals surface area (Å²) in [4.78, 5) is 24.7. The maximum atomic E-state index is 12.7. The number of nitrogens with one attached hydrogen (secondary N) is 2. The van der Waals surface area contributed by atoms with Crippen molar-refractivity contribution in [2.45, 2.75) is 38.1 Å². The fourth-order valence-corrected chi connectivity index (χ4v) is 4.48. The second-order valence-electron chi connectivity index (χ2n) is 7.69. The number of rotatable bonds is 4. The molecule has 2 bridgehead atoms. The Morgan fingerprint density at radius 3 is 2.14 bits per heavy atom. The highest BCUT2D eigenvalue weighted by atomic mass is 35.5. The first-order valence-electron chi connectivity index (χ1n) is 9.61. The normalized spacial score (nSPS) is 26.0. The number of amides is 2. The maximum absolute atomic E-state index is 12.7. The predicted molar refractivity (Wildman–Crippen MR) is 111 cm³/mol. The lowest BCUT2D eigenvalue weighted by Crippen LogP contribution is -2.48. The Kier molecular flexibility index (Phi) is 6.42. The molecule has 150 valence electrons. The van der Waals surface area contributed by atoms with Crippen molar-refractivity contribution in [3.63, 3.8) is 0 Å². The molecule has 28 heavy (non-hydrogen) atoms. The van der Waals surface area contributed by atoms with Gasteiger partial charge in [0.25, 0.3) is 5.91 Å². The molecule has 1 aromatic carbocycles. The summed E-state index contributed by atoms with van der Waals surface area (Å²) in [5, 5.41) is 5.77. The largest absolute Gasteiger partial charge is 0.459 e. The van der Waals surface area contributed by atoms with E-state index in [0.29, 0.717) is 17.5 Å². The summed E-state index contributed by atoms with van der Waals surface area (Å²) in [6.07, 6.45) is 6.76. The minimum Gasteiger partial charge on any atom is -0.459 e. The van der Waals surface area contributed by atoms with Crippen molar-refractivity contribution in [1.82, 2.24) is 0 Å². The van der Waals surface area contributed by atoms with E-state index >= 15 is 0 Å². The van der Waals surface area contributed by atoms with E-state index in [4.69, 9.17) is 10.2 Å². The van der Waals surface area contributed by atoms with E-state index in [1.54, 1.807) is 36.4 Å². The zero-order valence-electron chi connectivity index (χ0n) is 15.6. The fraction of sp³-hybridized carbons (Fsp3) is 0.429. The van der Waals surface area contributed by atoms with Crippen LogP contribution in [0.4, 0.5) is 11.4 Å². The standard InChI is InChI=1S/C21H25N3O3.ClH/c22-19-13-3-1-4-14(19)12-15(11-13)20(25)23-16-6-8-17(9-7-16)24-21(26)18-5-2-10-27-18;/h2,5-10,13-15,19H,1,3-4,11-12,22H2,(H,23,25)(H,24,26);1H. The molecule has 1 aromatic heterocycles. The SMILES string of the molecule is Cl.NC1C2CCCC1CC(C(=O)Nc1ccc(NC(=O)c3ccco3)cc1)C2. The third kappa shape index (κ3) is 4.39. The molecule has 2 fully saturated rings. The van der Waals surface area contributed by atoms with Gasteiger partial charge in [0.15, 0.2) is 5.76 Å². The van der Waals surface area contributed by atoms with Crippen LogP contribution in [0, 0.1) is 17.8 Å². The van der Waals surface area contributed by atoms with Crippen molar-refractivity contribution in [1.29, 1.82) is 0 Å². The van der Waals surface area contributed by atoms with Crippen LogP contribution in [0.1, 0.15) is 42.7 Å². The van der Waals surface area contributed by atoms with Crippen LogP contribution < -0.4 is 16.4 Å². The molecule has 2 atom stereocenters. The van der Waals surface area contributed by atoms with E-state index in [-0.39, 0.29) is 41.9 Å². The van der Waals surface area contributed by atoms with Crippen LogP contribution in [0.2, 0.25) is 0 Å². The van der Waals surface area contributed by atoms with E-state index < -0.39 is 0 Å². The molecule has 2 aliphatic rings. The highest BCUT2D eigenvalue weighted by Gasteiger charge is 2.40. The zero-order chi connectivity index (χ0) is 18.8. The molecule has 6 nitrogen and oxygen atoms in total. The molecule has 0 saturated heterocycles. The molecular weight excluding hydrogens is 378 g/mol. The second-order valence-corrected chi connectivity index (χ2v) is 7.69. The Morgan fingerprint density at radius 1 is 0.964 bits per heavy atom. The number of carbonyl (C=O) groups excluding carboxylic acids is 2. The smallest absolute Gasteiger partial charge is 0.291 e. The summed E-state index contributed by atoms with van der Waals surface area (Å²) >= 11 is 0. The summed E-state index contributed by atoms with van der Waals surface area (Å²) in [7, 11) is 0. The lowest BCUT2D eigenvalue weighted by Gasteiger charge is -2.43. The van der Waals surface area contributed by atoms with Crippen LogP contribution in [0.25, 0.3) is 0 Å². The van der Waals surface area contributed by atoms with Crippen molar-refractivity contribution in [3.8, 4) is 0 Å². The number of nitrogens with two attached hydrogens (primary N) is 1. The van der Waals surface area contributed by atoms with Gasteiger partial charge in [0.1, 0.15) is 0 Å². The number of fused-ring (bicyclic) bond motifs is 2. The topological polar surface area (TPSA) is 97.4 Å². The van der Waals surface area contributed by atoms with Gasteiger partial charge in [-0.2, -0.15) is 0 Å². The molecule has 2 aliphatic carbocycles. The predicted octanol–water partition coefficient (Wildman–Crippen LogP) is 4.05. The summed E-state index contributed by atoms with van der Waals surface area (Å²) in [6.45, 7) is 0. The first-order chi connectivity index (χ1) is 13.1. The molecule has 2 saturated carbocycles. The van der Waals surface area contributed by atoms with Gasteiger partial charge >= 0.3 is 0 Å². The van der Waals surface area contributed by atoms with Gasteiger partial charge in [-0.15, -0.1) is 12.4 Å². The van der Waals surface area contributed by atoms with Crippen LogP contribution in [-0.2, 0) is 4.79 Å². The average Bonchev–Trinajstić information content (AvgIpc) is 3.18. The van der Waals surface area contributed by atoms with Crippen LogP contribution in [0.15, 0.2) is 47.1 Å². The molecular formula is C21H26ClN3O3. The molecule has 1 heterocycles. The zero-order valence-corrected chi connectivity index (χ0v) is 16.4. The van der Waals surface area contributed by atoms with Crippen LogP contribution in [0.5, 0.6) is 0 Å². The summed E-state index contributed by atoms with van der Waals surface area (Å²) in [5.74, 6) is 1.03. The van der Waals surface area contributed by atoms with Gasteiger partial charge in [-0.1, -0.05) is 6.42 Å². The fourth-order valence-electron chi connectivity index (χ4n) is 4.48. The lowest BCUT2D eigenvalue weighted by molar-refractivity contribution is -0.122. The Balaban J connectivity index is 0.00000225. The van der Waals surface area contributed by atoms with Crippen LogP contribution in [0.3, 0.4) is 0 Å². The van der Waals surface area contributed by atoms with Gasteiger partial charge in [-0.05, 0) is 73.9 Å². The average molecular weight is 404 g/mol. The molecule has 7 heteroatoms. The number of furan rings is 1. The molecule has 0 spiro atoms. The molecule has 4 N–H and O–H groups in total. The maximum Gasteiger partial charge on any atom is 0.291 e. The molecule has 2 aromatic rings. The summed E-state index contributed by atoms with van der Waals surface area (Å²) < 4.78 is 5.07. The van der Waals surface area contributed by atoms with E-state index in [1.807, 2.05) is 0 Å². The van der Waals surface area contributed by atoms with E-state index in [2.05, 4.69) is 10.6 Å². The molecule has 2 unspecified atom stereocenters. The Bertz CT molecular complexity index is 793. The van der Waals surface area contributed by atoms with Crippen molar-refractivity contribution in [2.75, 3.05) is 10.6 Å². The Hall–Kier alpha value is -2.31. The van der Waals surface area contributed by atoms with E-state index in [1.165, 1.54) is 12.7 Å². The summed E-state index contributed by atoms with van der Waals surface area (Å²) in [5.41, 5.74) is 7.70. The highest BCUT2D eigenvalue weighted by Crippen LogP contribution is 2.42. The first-order valence-corrected chi connectivity index (χ1v) is 9.61. The van der Waals surface area contributed by atoms with Gasteiger partial charge in [0, 0.05) is 23.3 Å². The quantitative estimate of drug-likeness (QED) is 0.717. The second kappa shape index (κ2) is 8.80. The van der Waals surface area contributed by atoms with Gasteiger partial charge in [0.2, 0.25) is 5.91 Å². The third-order valence-electron chi connectivity index (χ3n) is 5.94. The first kappa shape index (κ1) is 20.4. The minimum absolute atomic E-state index is 0. The molecule has 0 radical (unpaired) electrons. The number of benzene rings is 1. The van der Waals surface area contributed by atoms with Crippen molar-refractivity contribution >= 4 is 35.6 Å². The molecule has 4 rings (SSSR count). The lowest BCUT2D eigenvalue weighted by atomic mass is 9.65. The molecule has 0 aliphatic heterocycles. The Labute approximate surface area is 170 Å².